The molecule has 0 aliphatic carbocycles. The highest BCUT2D eigenvalue weighted by molar-refractivity contribution is 5.70. The molecule has 5 N–H and O–H groups in total. The molecule has 0 bridgehead atoms. The Morgan fingerprint density at radius 1 is 1.68 bits per heavy atom. The predicted molar refractivity (Wildman–Crippen MR) is 71.9 cm³/mol. The summed E-state index contributed by atoms with van der Waals surface area (Å²) in [6, 6.07) is 0. The topological polar surface area (TPSA) is 139 Å². The summed E-state index contributed by atoms with van der Waals surface area (Å²) >= 11 is 0. The summed E-state index contributed by atoms with van der Waals surface area (Å²) in [6.07, 6.45) is 3.55. The number of alkyl halides is 1. The van der Waals surface area contributed by atoms with Crippen LogP contribution >= 0.6 is 0 Å². The van der Waals surface area contributed by atoms with Gasteiger partial charge in [0.15, 0.2) is 17.4 Å². The Balaban J connectivity index is 2.16. The standard InChI is InChI=1S/C12H12FN5O4/c1-2-5-7(20)12(13,3-19)22-10(5)18-4-15-6-8(18)16-11(14)17-9(6)21/h1,4-5,7,10,19-20H,3H2,(H3,14,16,17,21)/t5-,7-,10+,12+/m0/s1. The second-order valence-corrected chi connectivity index (χ2v) is 4.87. The molecular weight excluding hydrogens is 297 g/mol. The van der Waals surface area contributed by atoms with Gasteiger partial charge in [0.2, 0.25) is 5.95 Å². The maximum Gasteiger partial charge on any atom is 0.280 e. The number of aliphatic hydroxyl groups excluding tert-OH is 2. The maximum absolute atomic E-state index is 14.3. The van der Waals surface area contributed by atoms with Gasteiger partial charge in [0.1, 0.15) is 12.7 Å². The van der Waals surface area contributed by atoms with Crippen LogP contribution in [0.3, 0.4) is 0 Å². The van der Waals surface area contributed by atoms with E-state index in [-0.39, 0.29) is 17.1 Å². The van der Waals surface area contributed by atoms with E-state index < -0.39 is 36.3 Å². The zero-order valence-corrected chi connectivity index (χ0v) is 11.1. The number of nitrogens with one attached hydrogen (secondary N) is 1. The van der Waals surface area contributed by atoms with Crippen molar-refractivity contribution in [2.24, 2.45) is 5.92 Å². The van der Waals surface area contributed by atoms with Crippen molar-refractivity contribution in [2.45, 2.75) is 18.2 Å². The Morgan fingerprint density at radius 3 is 3.05 bits per heavy atom. The SMILES string of the molecule is C#C[C@@H]1[C@H](n2cnc3c(=O)[nH]c(N)nc32)O[C@](F)(CO)[C@H]1O. The second kappa shape index (κ2) is 4.77. The molecule has 116 valence electrons. The molecule has 4 atom stereocenters. The van der Waals surface area contributed by atoms with Crippen molar-refractivity contribution in [1.29, 1.82) is 0 Å². The van der Waals surface area contributed by atoms with Gasteiger partial charge in [-0.05, 0) is 0 Å². The fraction of sp³-hybridized carbons (Fsp3) is 0.417. The monoisotopic (exact) mass is 309 g/mol. The number of nitrogens with two attached hydrogens (primary N) is 1. The van der Waals surface area contributed by atoms with E-state index in [9.17, 15) is 14.3 Å². The number of nitrogen functional groups attached to an aromatic ring is 1. The lowest BCUT2D eigenvalue weighted by Crippen LogP contribution is -2.40. The molecule has 10 heteroatoms. The summed E-state index contributed by atoms with van der Waals surface area (Å²) in [5.41, 5.74) is 4.89. The quantitative estimate of drug-likeness (QED) is 0.495. The van der Waals surface area contributed by atoms with Crippen molar-refractivity contribution in [1.82, 2.24) is 19.5 Å². The van der Waals surface area contributed by atoms with Crippen LogP contribution in [0.2, 0.25) is 0 Å². The molecule has 2 aromatic heterocycles. The Morgan fingerprint density at radius 2 is 2.41 bits per heavy atom. The van der Waals surface area contributed by atoms with Gasteiger partial charge >= 0.3 is 0 Å². The molecule has 1 saturated heterocycles. The number of aliphatic hydroxyl groups is 2. The first-order valence-corrected chi connectivity index (χ1v) is 6.25. The van der Waals surface area contributed by atoms with E-state index in [4.69, 9.17) is 22.0 Å². The number of fused-ring (bicyclic) bond motifs is 1. The van der Waals surface area contributed by atoms with Crippen LogP contribution in [0.15, 0.2) is 11.1 Å². The minimum atomic E-state index is -2.72. The molecule has 3 heterocycles. The molecule has 1 fully saturated rings. The zero-order chi connectivity index (χ0) is 16.1. The Kier molecular flexibility index (Phi) is 3.13. The molecule has 22 heavy (non-hydrogen) atoms. The Hall–Kier alpha value is -2.48. The van der Waals surface area contributed by atoms with E-state index in [1.807, 2.05) is 0 Å². The fourth-order valence-corrected chi connectivity index (χ4v) is 2.43. The fourth-order valence-electron chi connectivity index (χ4n) is 2.43. The number of imidazole rings is 1. The molecule has 0 amide bonds. The average molecular weight is 309 g/mol. The number of hydrogen-bond donors (Lipinski definition) is 4. The highest BCUT2D eigenvalue weighted by Gasteiger charge is 2.55. The van der Waals surface area contributed by atoms with E-state index in [0.29, 0.717) is 0 Å². The number of nitrogens with zero attached hydrogens (tertiary/aromatic N) is 3. The van der Waals surface area contributed by atoms with Crippen molar-refractivity contribution in [3.63, 3.8) is 0 Å². The minimum Gasteiger partial charge on any atom is -0.390 e. The van der Waals surface area contributed by atoms with Crippen LogP contribution in [0.4, 0.5) is 10.3 Å². The van der Waals surface area contributed by atoms with E-state index in [0.717, 1.165) is 0 Å². The zero-order valence-electron chi connectivity index (χ0n) is 11.1. The summed E-state index contributed by atoms with van der Waals surface area (Å²) in [5.74, 6) is -1.78. The van der Waals surface area contributed by atoms with Gasteiger partial charge in [0.05, 0.1) is 12.2 Å². The molecular formula is C12H12FN5O4. The number of anilines is 1. The Bertz CT molecular complexity index is 827. The number of hydrogen-bond acceptors (Lipinski definition) is 7. The number of halogens is 1. The second-order valence-electron chi connectivity index (χ2n) is 4.87. The van der Waals surface area contributed by atoms with Crippen LogP contribution in [0, 0.1) is 18.3 Å². The summed E-state index contributed by atoms with van der Waals surface area (Å²) in [5, 5.41) is 19.0. The van der Waals surface area contributed by atoms with Gasteiger partial charge in [-0.15, -0.1) is 6.42 Å². The van der Waals surface area contributed by atoms with Crippen molar-refractivity contribution in [3.05, 3.63) is 16.7 Å². The summed E-state index contributed by atoms with van der Waals surface area (Å²) < 4.78 is 20.6. The van der Waals surface area contributed by atoms with E-state index in [1.54, 1.807) is 0 Å². The number of terminal acetylenes is 1. The van der Waals surface area contributed by atoms with Crippen molar-refractivity contribution < 1.29 is 19.3 Å². The third kappa shape index (κ3) is 1.87. The first kappa shape index (κ1) is 14.5. The van der Waals surface area contributed by atoms with Crippen LogP contribution in [-0.4, -0.2) is 48.3 Å². The maximum atomic E-state index is 14.3. The van der Waals surface area contributed by atoms with Gasteiger partial charge in [-0.2, -0.15) is 4.98 Å². The minimum absolute atomic E-state index is 0.0286. The third-order valence-electron chi connectivity index (χ3n) is 3.54. The normalized spacial score (nSPS) is 31.5. The largest absolute Gasteiger partial charge is 0.390 e. The van der Waals surface area contributed by atoms with Crippen LogP contribution in [0.5, 0.6) is 0 Å². The smallest absolute Gasteiger partial charge is 0.280 e. The number of aromatic amines is 1. The highest BCUT2D eigenvalue weighted by atomic mass is 19.2. The molecule has 0 unspecified atom stereocenters. The molecule has 2 aromatic rings. The van der Waals surface area contributed by atoms with E-state index in [2.05, 4.69) is 20.9 Å². The molecule has 0 radical (unpaired) electrons. The van der Waals surface area contributed by atoms with Gasteiger partial charge in [0, 0.05) is 0 Å². The summed E-state index contributed by atoms with van der Waals surface area (Å²) in [6.45, 7) is -1.08. The summed E-state index contributed by atoms with van der Waals surface area (Å²) in [7, 11) is 0. The van der Waals surface area contributed by atoms with Gasteiger partial charge < -0.3 is 20.7 Å². The lowest BCUT2D eigenvalue weighted by atomic mass is 9.99. The molecule has 0 saturated carbocycles. The third-order valence-corrected chi connectivity index (χ3v) is 3.54. The molecule has 9 nitrogen and oxygen atoms in total. The van der Waals surface area contributed by atoms with Crippen molar-refractivity contribution in [3.8, 4) is 12.3 Å². The number of aromatic nitrogens is 4. The molecule has 1 aliphatic rings. The molecule has 0 spiro atoms. The number of H-pyrrole nitrogens is 1. The lowest BCUT2D eigenvalue weighted by Gasteiger charge is -2.20. The van der Waals surface area contributed by atoms with Gasteiger partial charge in [-0.3, -0.25) is 14.3 Å². The predicted octanol–water partition coefficient (Wildman–Crippen LogP) is -1.50. The molecule has 3 rings (SSSR count). The lowest BCUT2D eigenvalue weighted by molar-refractivity contribution is -0.206. The van der Waals surface area contributed by atoms with E-state index >= 15 is 0 Å². The number of ether oxygens (including phenoxy) is 1. The molecule has 0 aromatic carbocycles. The van der Waals surface area contributed by atoms with Crippen molar-refractivity contribution >= 4 is 17.1 Å². The average Bonchev–Trinajstić information content (AvgIpc) is 3.00. The highest BCUT2D eigenvalue weighted by Crippen LogP contribution is 2.42. The van der Waals surface area contributed by atoms with Gasteiger partial charge in [-0.25, -0.2) is 9.37 Å². The van der Waals surface area contributed by atoms with Gasteiger partial charge in [-0.1, -0.05) is 5.92 Å². The molecule has 1 aliphatic heterocycles. The van der Waals surface area contributed by atoms with Crippen molar-refractivity contribution in [2.75, 3.05) is 12.3 Å². The van der Waals surface area contributed by atoms with Crippen LogP contribution in [0.1, 0.15) is 6.23 Å². The van der Waals surface area contributed by atoms with Gasteiger partial charge in [0.25, 0.3) is 11.4 Å². The number of rotatable bonds is 2. The first-order valence-electron chi connectivity index (χ1n) is 6.25. The summed E-state index contributed by atoms with van der Waals surface area (Å²) in [4.78, 5) is 21.8. The van der Waals surface area contributed by atoms with E-state index in [1.165, 1.54) is 10.9 Å². The van der Waals surface area contributed by atoms with Crippen LogP contribution in [0.25, 0.3) is 11.2 Å². The Labute approximate surface area is 122 Å². The first-order chi connectivity index (χ1) is 10.4. The van der Waals surface area contributed by atoms with Crippen LogP contribution in [-0.2, 0) is 4.74 Å². The van der Waals surface area contributed by atoms with Crippen LogP contribution < -0.4 is 11.3 Å².